The number of hydrogen-bond donors (Lipinski definition) is 1. The molecule has 1 aromatic heterocycles. The van der Waals surface area contributed by atoms with Crippen LogP contribution in [0.1, 0.15) is 23.0 Å². The van der Waals surface area contributed by atoms with Crippen molar-refractivity contribution in [1.29, 1.82) is 0 Å². The van der Waals surface area contributed by atoms with Gasteiger partial charge in [-0.1, -0.05) is 6.07 Å². The number of benzene rings is 2. The van der Waals surface area contributed by atoms with Crippen molar-refractivity contribution in [3.05, 3.63) is 70.7 Å². The zero-order valence-electron chi connectivity index (χ0n) is 17.3. The van der Waals surface area contributed by atoms with Crippen molar-refractivity contribution < 1.29 is 14.3 Å². The normalized spacial score (nSPS) is 13.7. The molecule has 1 fully saturated rings. The lowest BCUT2D eigenvalue weighted by Crippen LogP contribution is -2.50. The summed E-state index contributed by atoms with van der Waals surface area (Å²) in [6.07, 6.45) is 0. The van der Waals surface area contributed by atoms with Gasteiger partial charge >= 0.3 is 6.03 Å². The maximum Gasteiger partial charge on any atom is 0.321 e. The van der Waals surface area contributed by atoms with Gasteiger partial charge in [0.2, 0.25) is 0 Å². The third kappa shape index (κ3) is 5.40. The maximum absolute atomic E-state index is 12.7. The molecule has 0 spiro atoms. The molecule has 8 heteroatoms. The number of carbonyl (C=O) groups excluding carboxylic acids is 2. The van der Waals surface area contributed by atoms with Crippen molar-refractivity contribution in [2.45, 2.75) is 13.5 Å². The molecule has 2 aromatic carbocycles. The number of piperazine rings is 1. The van der Waals surface area contributed by atoms with Crippen molar-refractivity contribution >= 4 is 34.5 Å². The molecule has 0 radical (unpaired) electrons. The van der Waals surface area contributed by atoms with E-state index in [0.29, 0.717) is 36.7 Å². The van der Waals surface area contributed by atoms with Gasteiger partial charge in [-0.3, -0.25) is 4.79 Å². The number of Topliss-reactive ketones (excluding diaryl/α,β-unsaturated/α-hetero) is 1. The molecule has 0 bridgehead atoms. The van der Waals surface area contributed by atoms with E-state index in [1.54, 1.807) is 12.4 Å². The van der Waals surface area contributed by atoms with E-state index in [9.17, 15) is 9.59 Å². The van der Waals surface area contributed by atoms with Crippen LogP contribution in [-0.4, -0.2) is 47.9 Å². The number of anilines is 2. The number of amides is 2. The van der Waals surface area contributed by atoms with Crippen LogP contribution in [0.5, 0.6) is 5.75 Å². The van der Waals surface area contributed by atoms with E-state index >= 15 is 0 Å². The van der Waals surface area contributed by atoms with Crippen molar-refractivity contribution in [2.75, 3.05) is 36.4 Å². The van der Waals surface area contributed by atoms with Gasteiger partial charge in [-0.15, -0.1) is 11.3 Å². The van der Waals surface area contributed by atoms with Crippen LogP contribution >= 0.6 is 11.3 Å². The number of aromatic nitrogens is 1. The number of ketones is 1. The third-order valence-electron chi connectivity index (χ3n) is 5.16. The molecule has 1 saturated heterocycles. The zero-order valence-corrected chi connectivity index (χ0v) is 18.1. The lowest BCUT2D eigenvalue weighted by Gasteiger charge is -2.36. The summed E-state index contributed by atoms with van der Waals surface area (Å²) >= 11 is 1.53. The lowest BCUT2D eigenvalue weighted by molar-refractivity contribution is 0.101. The minimum Gasteiger partial charge on any atom is -0.487 e. The van der Waals surface area contributed by atoms with Crippen molar-refractivity contribution in [2.24, 2.45) is 0 Å². The van der Waals surface area contributed by atoms with E-state index in [1.165, 1.54) is 11.3 Å². The number of rotatable bonds is 6. The van der Waals surface area contributed by atoms with E-state index in [4.69, 9.17) is 4.74 Å². The van der Waals surface area contributed by atoms with Gasteiger partial charge in [-0.25, -0.2) is 9.78 Å². The number of urea groups is 1. The fraction of sp³-hybridized carbons (Fsp3) is 0.261. The summed E-state index contributed by atoms with van der Waals surface area (Å²) in [7, 11) is 0. The Morgan fingerprint density at radius 3 is 2.55 bits per heavy atom. The predicted octanol–water partition coefficient (Wildman–Crippen LogP) is 4.28. The molecule has 31 heavy (non-hydrogen) atoms. The summed E-state index contributed by atoms with van der Waals surface area (Å²) in [5.41, 5.74) is 5.13. The first-order chi connectivity index (χ1) is 15.1. The molecule has 2 heterocycles. The van der Waals surface area contributed by atoms with Crippen LogP contribution in [0.4, 0.5) is 16.2 Å². The molecule has 2 amide bonds. The van der Waals surface area contributed by atoms with Crippen LogP contribution in [0.2, 0.25) is 0 Å². The fourth-order valence-electron chi connectivity index (χ4n) is 3.41. The van der Waals surface area contributed by atoms with Gasteiger partial charge in [0.1, 0.15) is 12.4 Å². The molecule has 7 nitrogen and oxygen atoms in total. The van der Waals surface area contributed by atoms with Crippen molar-refractivity contribution in [1.82, 2.24) is 9.88 Å². The van der Waals surface area contributed by atoms with Crippen LogP contribution in [-0.2, 0) is 6.61 Å². The van der Waals surface area contributed by atoms with Crippen LogP contribution in [0.25, 0.3) is 0 Å². The molecule has 0 aliphatic carbocycles. The summed E-state index contributed by atoms with van der Waals surface area (Å²) in [4.78, 5) is 32.4. The Kier molecular flexibility index (Phi) is 6.47. The van der Waals surface area contributed by atoms with E-state index in [1.807, 2.05) is 58.8 Å². The standard InChI is InChI=1S/C23H24N4O3S/c1-17(28)18-5-7-21(8-6-18)26-9-11-27(12-10-26)23(29)25-19-3-2-4-22(13-19)30-14-20-15-31-16-24-20/h2-8,13,15-16H,9-12,14H2,1H3,(H,25,29). The number of nitrogens with one attached hydrogen (secondary N) is 1. The van der Waals surface area contributed by atoms with Crippen LogP contribution in [0.15, 0.2) is 59.4 Å². The van der Waals surface area contributed by atoms with Gasteiger partial charge in [0.05, 0.1) is 11.2 Å². The van der Waals surface area contributed by atoms with E-state index < -0.39 is 0 Å². The monoisotopic (exact) mass is 436 g/mol. The Morgan fingerprint density at radius 2 is 1.87 bits per heavy atom. The second kappa shape index (κ2) is 9.61. The molecular formula is C23H24N4O3S. The highest BCUT2D eigenvalue weighted by molar-refractivity contribution is 7.07. The van der Waals surface area contributed by atoms with Crippen LogP contribution < -0.4 is 15.0 Å². The summed E-state index contributed by atoms with van der Waals surface area (Å²) in [5.74, 6) is 0.746. The van der Waals surface area contributed by atoms with Crippen LogP contribution in [0, 0.1) is 0 Å². The molecule has 1 N–H and O–H groups in total. The number of ether oxygens (including phenoxy) is 1. The number of nitrogens with zero attached hydrogens (tertiary/aromatic N) is 3. The average Bonchev–Trinajstić information content (AvgIpc) is 3.32. The highest BCUT2D eigenvalue weighted by Gasteiger charge is 2.21. The molecule has 4 rings (SSSR count). The Bertz CT molecular complexity index is 1030. The van der Waals surface area contributed by atoms with Gasteiger partial charge in [0.25, 0.3) is 0 Å². The SMILES string of the molecule is CC(=O)c1ccc(N2CCN(C(=O)Nc3cccc(OCc4cscn4)c3)CC2)cc1. The molecule has 0 saturated carbocycles. The molecule has 1 aliphatic heterocycles. The highest BCUT2D eigenvalue weighted by Crippen LogP contribution is 2.21. The van der Waals surface area contributed by atoms with Crippen molar-refractivity contribution in [3.63, 3.8) is 0 Å². The van der Waals surface area contributed by atoms with Crippen LogP contribution in [0.3, 0.4) is 0 Å². The minimum absolute atomic E-state index is 0.0608. The Balaban J connectivity index is 1.29. The predicted molar refractivity (Wildman–Crippen MR) is 122 cm³/mol. The third-order valence-corrected chi connectivity index (χ3v) is 5.80. The average molecular weight is 437 g/mol. The molecule has 0 atom stereocenters. The van der Waals surface area contributed by atoms with Gasteiger partial charge in [-0.05, 0) is 43.3 Å². The molecule has 1 aliphatic rings. The van der Waals surface area contributed by atoms with Gasteiger partial charge in [0.15, 0.2) is 5.78 Å². The number of hydrogen-bond acceptors (Lipinski definition) is 6. The topological polar surface area (TPSA) is 74.8 Å². The first-order valence-electron chi connectivity index (χ1n) is 10.1. The molecular weight excluding hydrogens is 412 g/mol. The second-order valence-corrected chi connectivity index (χ2v) is 8.02. The Morgan fingerprint density at radius 1 is 1.10 bits per heavy atom. The summed E-state index contributed by atoms with van der Waals surface area (Å²) < 4.78 is 5.76. The highest BCUT2D eigenvalue weighted by atomic mass is 32.1. The smallest absolute Gasteiger partial charge is 0.321 e. The quantitative estimate of drug-likeness (QED) is 0.584. The first kappa shape index (κ1) is 20.9. The minimum atomic E-state index is -0.122. The fourth-order valence-corrected chi connectivity index (χ4v) is 3.95. The van der Waals surface area contributed by atoms with E-state index in [2.05, 4.69) is 15.2 Å². The second-order valence-electron chi connectivity index (χ2n) is 7.30. The molecule has 160 valence electrons. The first-order valence-corrected chi connectivity index (χ1v) is 11.0. The number of carbonyl (C=O) groups is 2. The van der Waals surface area contributed by atoms with E-state index in [-0.39, 0.29) is 11.8 Å². The molecule has 3 aromatic rings. The maximum atomic E-state index is 12.7. The van der Waals surface area contributed by atoms with Gasteiger partial charge in [0, 0.05) is 54.6 Å². The molecule has 0 unspecified atom stereocenters. The summed E-state index contributed by atoms with van der Waals surface area (Å²) in [5, 5.41) is 4.90. The number of thiazole rings is 1. The summed E-state index contributed by atoms with van der Waals surface area (Å²) in [6, 6.07) is 14.9. The largest absolute Gasteiger partial charge is 0.487 e. The van der Waals surface area contributed by atoms with Gasteiger partial charge in [-0.2, -0.15) is 0 Å². The zero-order chi connectivity index (χ0) is 21.6. The Labute approximate surface area is 185 Å². The van der Waals surface area contributed by atoms with Crippen molar-refractivity contribution in [3.8, 4) is 5.75 Å². The van der Waals surface area contributed by atoms with Gasteiger partial charge < -0.3 is 19.9 Å². The summed E-state index contributed by atoms with van der Waals surface area (Å²) in [6.45, 7) is 4.69. The lowest BCUT2D eigenvalue weighted by atomic mass is 10.1. The van der Waals surface area contributed by atoms with E-state index in [0.717, 1.165) is 24.5 Å². The Hall–Kier alpha value is -3.39.